The Morgan fingerprint density at radius 2 is 2.14 bits per heavy atom. The van der Waals surface area contributed by atoms with Gasteiger partial charge in [0.05, 0.1) is 0 Å². The fourth-order valence-electron chi connectivity index (χ4n) is 2.73. The summed E-state index contributed by atoms with van der Waals surface area (Å²) >= 11 is 2.09. The molecule has 0 amide bonds. The van der Waals surface area contributed by atoms with Crippen LogP contribution < -0.4 is 10.2 Å². The summed E-state index contributed by atoms with van der Waals surface area (Å²) in [6, 6.07) is 4.51. The van der Waals surface area contributed by atoms with Crippen molar-refractivity contribution in [1.82, 2.24) is 10.3 Å². The van der Waals surface area contributed by atoms with E-state index in [1.165, 1.54) is 29.2 Å². The Bertz CT molecular complexity index is 435. The van der Waals surface area contributed by atoms with Gasteiger partial charge in [-0.3, -0.25) is 0 Å². The van der Waals surface area contributed by atoms with Crippen molar-refractivity contribution in [3.05, 3.63) is 23.4 Å². The number of aromatic nitrogens is 1. The average molecular weight is 308 g/mol. The van der Waals surface area contributed by atoms with E-state index >= 15 is 0 Å². The largest absolute Gasteiger partial charge is 0.356 e. The highest BCUT2D eigenvalue weighted by molar-refractivity contribution is 8.00. The van der Waals surface area contributed by atoms with Gasteiger partial charge in [-0.25, -0.2) is 4.98 Å². The molecule has 1 fully saturated rings. The Hall–Kier alpha value is -0.740. The molecule has 2 heterocycles. The lowest BCUT2D eigenvalue weighted by molar-refractivity contribution is 0.634. The first-order valence-electron chi connectivity index (χ1n) is 8.07. The minimum Gasteiger partial charge on any atom is -0.356 e. The minimum absolute atomic E-state index is 0.392. The number of aryl methyl sites for hydroxylation is 1. The summed E-state index contributed by atoms with van der Waals surface area (Å²) < 4.78 is 0.392. The number of anilines is 1. The maximum Gasteiger partial charge on any atom is 0.129 e. The maximum absolute atomic E-state index is 4.91. The highest BCUT2D eigenvalue weighted by Gasteiger charge is 2.24. The van der Waals surface area contributed by atoms with Gasteiger partial charge in [0.2, 0.25) is 0 Å². The molecule has 1 aromatic rings. The average Bonchev–Trinajstić information content (AvgIpc) is 2.60. The molecular formula is C17H29N3S. The Morgan fingerprint density at radius 3 is 2.86 bits per heavy atom. The predicted molar refractivity (Wildman–Crippen MR) is 94.4 cm³/mol. The molecule has 0 bridgehead atoms. The van der Waals surface area contributed by atoms with E-state index in [0.29, 0.717) is 4.75 Å². The normalized spacial score (nSPS) is 18.6. The third-order valence-electron chi connectivity index (χ3n) is 3.97. The number of rotatable bonds is 5. The van der Waals surface area contributed by atoms with E-state index < -0.39 is 0 Å². The van der Waals surface area contributed by atoms with Crippen molar-refractivity contribution in [3.63, 3.8) is 0 Å². The van der Waals surface area contributed by atoms with Crippen LogP contribution in [0.4, 0.5) is 5.82 Å². The lowest BCUT2D eigenvalue weighted by Crippen LogP contribution is -2.28. The molecule has 0 spiro atoms. The molecule has 0 saturated carbocycles. The summed E-state index contributed by atoms with van der Waals surface area (Å²) in [6.45, 7) is 10.1. The van der Waals surface area contributed by atoms with Crippen molar-refractivity contribution >= 4 is 17.6 Å². The fraction of sp³-hybridized carbons (Fsp3) is 0.706. The highest BCUT2D eigenvalue weighted by atomic mass is 32.2. The van der Waals surface area contributed by atoms with Crippen molar-refractivity contribution in [2.45, 2.75) is 51.3 Å². The first-order chi connectivity index (χ1) is 10.0. The Morgan fingerprint density at radius 1 is 1.33 bits per heavy atom. The van der Waals surface area contributed by atoms with Crippen LogP contribution in [0.2, 0.25) is 0 Å². The third kappa shape index (κ3) is 4.89. The number of nitrogens with one attached hydrogen (secondary N) is 1. The van der Waals surface area contributed by atoms with Crippen LogP contribution in [0.5, 0.6) is 0 Å². The van der Waals surface area contributed by atoms with Crippen LogP contribution >= 0.6 is 11.8 Å². The van der Waals surface area contributed by atoms with E-state index in [2.05, 4.69) is 54.9 Å². The van der Waals surface area contributed by atoms with E-state index in [1.807, 2.05) is 7.05 Å². The summed E-state index contributed by atoms with van der Waals surface area (Å²) in [7, 11) is 2.00. The van der Waals surface area contributed by atoms with E-state index in [4.69, 9.17) is 4.98 Å². The quantitative estimate of drug-likeness (QED) is 0.901. The van der Waals surface area contributed by atoms with E-state index in [9.17, 15) is 0 Å². The van der Waals surface area contributed by atoms with Crippen LogP contribution in [0, 0.1) is 0 Å². The summed E-state index contributed by atoms with van der Waals surface area (Å²) in [6.07, 6.45) is 3.44. The molecule has 2 rings (SSSR count). The van der Waals surface area contributed by atoms with Gasteiger partial charge in [0.1, 0.15) is 5.82 Å². The monoisotopic (exact) mass is 307 g/mol. The molecule has 0 unspecified atom stereocenters. The lowest BCUT2D eigenvalue weighted by atomic mass is 10.1. The molecule has 1 saturated heterocycles. The number of thioether (sulfide) groups is 1. The molecule has 0 aromatic carbocycles. The zero-order valence-corrected chi connectivity index (χ0v) is 14.7. The summed E-state index contributed by atoms with van der Waals surface area (Å²) in [5.74, 6) is 2.36. The van der Waals surface area contributed by atoms with Gasteiger partial charge >= 0.3 is 0 Å². The number of hydrogen-bond donors (Lipinski definition) is 1. The van der Waals surface area contributed by atoms with Crippen molar-refractivity contribution in [2.24, 2.45) is 0 Å². The summed E-state index contributed by atoms with van der Waals surface area (Å²) in [5.41, 5.74) is 2.58. The fourth-order valence-corrected chi connectivity index (χ4v) is 3.83. The van der Waals surface area contributed by atoms with Gasteiger partial charge in [-0.15, -0.1) is 0 Å². The molecule has 0 aliphatic carbocycles. The van der Waals surface area contributed by atoms with Crippen LogP contribution in [0.1, 0.15) is 44.9 Å². The van der Waals surface area contributed by atoms with Gasteiger partial charge in [-0.05, 0) is 37.6 Å². The van der Waals surface area contributed by atoms with Crippen molar-refractivity contribution in [1.29, 1.82) is 0 Å². The van der Waals surface area contributed by atoms with Gasteiger partial charge in [-0.1, -0.05) is 27.2 Å². The molecule has 0 radical (unpaired) electrons. The number of nitrogens with zero attached hydrogens (tertiary/aromatic N) is 2. The topological polar surface area (TPSA) is 28.2 Å². The molecule has 1 aliphatic heterocycles. The van der Waals surface area contributed by atoms with E-state index in [0.717, 1.165) is 32.5 Å². The van der Waals surface area contributed by atoms with Gasteiger partial charge in [0.15, 0.2) is 0 Å². The van der Waals surface area contributed by atoms with Crippen LogP contribution in [-0.4, -0.2) is 35.6 Å². The van der Waals surface area contributed by atoms with Crippen LogP contribution in [0.15, 0.2) is 12.1 Å². The molecular weight excluding hydrogens is 278 g/mol. The first kappa shape index (κ1) is 16.6. The second-order valence-electron chi connectivity index (χ2n) is 6.45. The summed E-state index contributed by atoms with van der Waals surface area (Å²) in [4.78, 5) is 7.38. The SMILES string of the molecule is CCCc1cc(CNC)cc(N2CCSC(C)(C)CC2)n1. The van der Waals surface area contributed by atoms with Crippen molar-refractivity contribution in [2.75, 3.05) is 30.8 Å². The number of pyridine rings is 1. The zero-order chi connectivity index (χ0) is 15.3. The van der Waals surface area contributed by atoms with E-state index in [-0.39, 0.29) is 0 Å². The standard InChI is InChI=1S/C17H29N3S/c1-5-6-15-11-14(13-18-4)12-16(19-15)20-8-7-17(2,3)21-10-9-20/h11-12,18H,5-10,13H2,1-4H3. The molecule has 1 N–H and O–H groups in total. The van der Waals surface area contributed by atoms with E-state index in [1.54, 1.807) is 0 Å². The highest BCUT2D eigenvalue weighted by Crippen LogP contribution is 2.32. The predicted octanol–water partition coefficient (Wildman–Crippen LogP) is 3.48. The molecule has 3 nitrogen and oxygen atoms in total. The van der Waals surface area contributed by atoms with Crippen molar-refractivity contribution < 1.29 is 0 Å². The molecule has 1 aromatic heterocycles. The minimum atomic E-state index is 0.392. The summed E-state index contributed by atoms with van der Waals surface area (Å²) in [5, 5.41) is 3.26. The van der Waals surface area contributed by atoms with Gasteiger partial charge in [0, 0.05) is 35.8 Å². The Balaban J connectivity index is 2.20. The molecule has 0 atom stereocenters. The Kier molecular flexibility index (Phi) is 5.94. The van der Waals surface area contributed by atoms with Crippen LogP contribution in [0.25, 0.3) is 0 Å². The molecule has 4 heteroatoms. The van der Waals surface area contributed by atoms with Crippen LogP contribution in [-0.2, 0) is 13.0 Å². The smallest absolute Gasteiger partial charge is 0.129 e. The van der Waals surface area contributed by atoms with Gasteiger partial charge in [0.25, 0.3) is 0 Å². The second-order valence-corrected chi connectivity index (χ2v) is 8.25. The second kappa shape index (κ2) is 7.50. The number of hydrogen-bond acceptors (Lipinski definition) is 4. The van der Waals surface area contributed by atoms with Crippen LogP contribution in [0.3, 0.4) is 0 Å². The lowest BCUT2D eigenvalue weighted by Gasteiger charge is -2.24. The molecule has 118 valence electrons. The first-order valence-corrected chi connectivity index (χ1v) is 9.06. The molecule has 21 heavy (non-hydrogen) atoms. The van der Waals surface area contributed by atoms with Gasteiger partial charge in [-0.2, -0.15) is 11.8 Å². The maximum atomic E-state index is 4.91. The van der Waals surface area contributed by atoms with Gasteiger partial charge < -0.3 is 10.2 Å². The third-order valence-corrected chi connectivity index (χ3v) is 5.35. The Labute approximate surface area is 133 Å². The zero-order valence-electron chi connectivity index (χ0n) is 13.9. The van der Waals surface area contributed by atoms with Crippen molar-refractivity contribution in [3.8, 4) is 0 Å². The molecule has 1 aliphatic rings.